The summed E-state index contributed by atoms with van der Waals surface area (Å²) in [6, 6.07) is 6.77. The highest BCUT2D eigenvalue weighted by Crippen LogP contribution is 2.32. The molecule has 0 unspecified atom stereocenters. The van der Waals surface area contributed by atoms with Crippen LogP contribution in [0.1, 0.15) is 76.0 Å². The van der Waals surface area contributed by atoms with Crippen molar-refractivity contribution in [3.05, 3.63) is 34.9 Å². The van der Waals surface area contributed by atoms with Crippen molar-refractivity contribution < 1.29 is 10.5 Å². The van der Waals surface area contributed by atoms with Crippen molar-refractivity contribution in [1.29, 1.82) is 0 Å². The van der Waals surface area contributed by atoms with Gasteiger partial charge in [0.05, 0.1) is 0 Å². The van der Waals surface area contributed by atoms with Crippen molar-refractivity contribution in [2.45, 2.75) is 59.3 Å². The largest absolute Gasteiger partial charge is 0.255 e. The molecule has 0 bridgehead atoms. The molecule has 0 fully saturated rings. The maximum absolute atomic E-state index is 6.00. The van der Waals surface area contributed by atoms with Gasteiger partial charge in [-0.05, 0) is 34.4 Å². The molecular formula is C15H26O2. The van der Waals surface area contributed by atoms with Gasteiger partial charge in [0, 0.05) is 0 Å². The molecule has 0 saturated carbocycles. The molecule has 1 aromatic rings. The third-order valence-corrected chi connectivity index (χ3v) is 2.99. The van der Waals surface area contributed by atoms with Crippen LogP contribution >= 0.6 is 0 Å². The molecule has 1 rings (SSSR count). The molecule has 0 radical (unpaired) electrons. The first kappa shape index (κ1) is 16.1. The molecule has 0 aromatic heterocycles. The Hall–Kier alpha value is -0.860. The quantitative estimate of drug-likeness (QED) is 0.570. The Morgan fingerprint density at radius 2 is 1.06 bits per heavy atom. The molecule has 0 atom stereocenters. The summed E-state index contributed by atoms with van der Waals surface area (Å²) in [7, 11) is 0. The van der Waals surface area contributed by atoms with E-state index in [9.17, 15) is 0 Å². The average Bonchev–Trinajstić information content (AvgIpc) is 2.30. The summed E-state index contributed by atoms with van der Waals surface area (Å²) in [5.74, 6) is 1.88. The third-order valence-electron chi connectivity index (χ3n) is 2.99. The molecular weight excluding hydrogens is 212 g/mol. The molecule has 0 aliphatic rings. The molecule has 0 amide bonds. The topological polar surface area (TPSA) is 40.5 Å². The van der Waals surface area contributed by atoms with Crippen LogP contribution in [-0.4, -0.2) is 10.5 Å². The van der Waals surface area contributed by atoms with Gasteiger partial charge in [0.1, 0.15) is 0 Å². The number of rotatable bonds is 3. The van der Waals surface area contributed by atoms with Crippen molar-refractivity contribution in [2.75, 3.05) is 0 Å². The van der Waals surface area contributed by atoms with Crippen LogP contribution in [0.4, 0.5) is 0 Å². The minimum Gasteiger partial charge on any atom is -0.255 e. The molecule has 2 N–H and O–H groups in total. The van der Waals surface area contributed by atoms with Crippen molar-refractivity contribution in [2.24, 2.45) is 0 Å². The van der Waals surface area contributed by atoms with Crippen LogP contribution in [0.5, 0.6) is 0 Å². The van der Waals surface area contributed by atoms with Crippen LogP contribution < -0.4 is 0 Å². The SMILES string of the molecule is CC(C)c1cccc(C(C)C)c1C(C)C.OO. The lowest BCUT2D eigenvalue weighted by Crippen LogP contribution is -2.04. The number of benzene rings is 1. The fraction of sp³-hybridized carbons (Fsp3) is 0.600. The van der Waals surface area contributed by atoms with Gasteiger partial charge in [0.15, 0.2) is 0 Å². The normalized spacial score (nSPS) is 10.8. The van der Waals surface area contributed by atoms with Gasteiger partial charge in [0.2, 0.25) is 0 Å². The second-order valence-electron chi connectivity index (χ2n) is 5.31. The Morgan fingerprint density at radius 1 is 0.706 bits per heavy atom. The molecule has 2 heteroatoms. The molecule has 0 saturated heterocycles. The molecule has 0 heterocycles. The Bertz CT molecular complexity index is 301. The van der Waals surface area contributed by atoms with Crippen LogP contribution in [-0.2, 0) is 0 Å². The van der Waals surface area contributed by atoms with Gasteiger partial charge in [-0.3, -0.25) is 10.5 Å². The third kappa shape index (κ3) is 4.14. The van der Waals surface area contributed by atoms with E-state index >= 15 is 0 Å². The number of hydrogen-bond donors (Lipinski definition) is 2. The van der Waals surface area contributed by atoms with E-state index in [-0.39, 0.29) is 0 Å². The maximum atomic E-state index is 6.00. The van der Waals surface area contributed by atoms with Crippen molar-refractivity contribution in [1.82, 2.24) is 0 Å². The standard InChI is InChI=1S/C15H24.H2O2/c1-10(2)13-8-7-9-14(11(3)4)15(13)12(5)6;1-2/h7-12H,1-6H3;1-2H. The summed E-state index contributed by atoms with van der Waals surface area (Å²) in [5, 5.41) is 12.0. The Morgan fingerprint density at radius 3 is 1.29 bits per heavy atom. The molecule has 98 valence electrons. The molecule has 1 aromatic carbocycles. The average molecular weight is 238 g/mol. The fourth-order valence-electron chi connectivity index (χ4n) is 2.28. The Balaban J connectivity index is 0.00000121. The van der Waals surface area contributed by atoms with E-state index in [1.807, 2.05) is 0 Å². The maximum Gasteiger partial charge on any atom is -0.0213 e. The molecule has 0 spiro atoms. The smallest absolute Gasteiger partial charge is 0.0213 e. The highest BCUT2D eigenvalue weighted by atomic mass is 17.0. The van der Waals surface area contributed by atoms with Crippen LogP contribution in [0.3, 0.4) is 0 Å². The van der Waals surface area contributed by atoms with E-state index < -0.39 is 0 Å². The molecule has 0 aliphatic heterocycles. The van der Waals surface area contributed by atoms with Crippen molar-refractivity contribution in [3.8, 4) is 0 Å². The first-order chi connectivity index (χ1) is 7.95. The summed E-state index contributed by atoms with van der Waals surface area (Å²) in [5.41, 5.74) is 4.62. The van der Waals surface area contributed by atoms with Crippen molar-refractivity contribution >= 4 is 0 Å². The first-order valence-electron chi connectivity index (χ1n) is 6.27. The van der Waals surface area contributed by atoms with E-state index in [2.05, 4.69) is 59.7 Å². The molecule has 0 aliphatic carbocycles. The summed E-state index contributed by atoms with van der Waals surface area (Å²) in [6.45, 7) is 13.7. The zero-order valence-electron chi connectivity index (χ0n) is 11.9. The summed E-state index contributed by atoms with van der Waals surface area (Å²) in [4.78, 5) is 0. The van der Waals surface area contributed by atoms with E-state index in [1.165, 1.54) is 11.1 Å². The van der Waals surface area contributed by atoms with E-state index in [0.717, 1.165) is 0 Å². The van der Waals surface area contributed by atoms with Gasteiger partial charge in [0.25, 0.3) is 0 Å². The number of hydrogen-bond acceptors (Lipinski definition) is 2. The predicted molar refractivity (Wildman–Crippen MR) is 74.0 cm³/mol. The highest BCUT2D eigenvalue weighted by molar-refractivity contribution is 5.40. The zero-order valence-corrected chi connectivity index (χ0v) is 11.9. The zero-order chi connectivity index (χ0) is 13.6. The fourth-order valence-corrected chi connectivity index (χ4v) is 2.28. The van der Waals surface area contributed by atoms with E-state index in [0.29, 0.717) is 17.8 Å². The van der Waals surface area contributed by atoms with Gasteiger partial charge < -0.3 is 0 Å². The minimum atomic E-state index is 0.626. The lowest BCUT2D eigenvalue weighted by Gasteiger charge is -2.22. The van der Waals surface area contributed by atoms with Crippen LogP contribution in [0.25, 0.3) is 0 Å². The van der Waals surface area contributed by atoms with E-state index in [4.69, 9.17) is 10.5 Å². The lowest BCUT2D eigenvalue weighted by atomic mass is 9.83. The van der Waals surface area contributed by atoms with Gasteiger partial charge in [-0.1, -0.05) is 59.7 Å². The summed E-state index contributed by atoms with van der Waals surface area (Å²) in [6.07, 6.45) is 0. The summed E-state index contributed by atoms with van der Waals surface area (Å²) >= 11 is 0. The second-order valence-corrected chi connectivity index (χ2v) is 5.31. The second kappa shape index (κ2) is 7.46. The monoisotopic (exact) mass is 238 g/mol. The molecule has 17 heavy (non-hydrogen) atoms. The van der Waals surface area contributed by atoms with Gasteiger partial charge >= 0.3 is 0 Å². The lowest BCUT2D eigenvalue weighted by molar-refractivity contribution is -0.176. The van der Waals surface area contributed by atoms with Crippen molar-refractivity contribution in [3.63, 3.8) is 0 Å². The Labute approximate surface area is 105 Å². The first-order valence-corrected chi connectivity index (χ1v) is 6.27. The van der Waals surface area contributed by atoms with E-state index in [1.54, 1.807) is 5.56 Å². The predicted octanol–water partition coefficient (Wildman–Crippen LogP) is 5.07. The van der Waals surface area contributed by atoms with Gasteiger partial charge in [-0.25, -0.2) is 0 Å². The summed E-state index contributed by atoms with van der Waals surface area (Å²) < 4.78 is 0. The van der Waals surface area contributed by atoms with Gasteiger partial charge in [-0.2, -0.15) is 0 Å². The van der Waals surface area contributed by atoms with Gasteiger partial charge in [-0.15, -0.1) is 0 Å². The highest BCUT2D eigenvalue weighted by Gasteiger charge is 2.15. The Kier molecular flexibility index (Phi) is 7.09. The minimum absolute atomic E-state index is 0.626. The van der Waals surface area contributed by atoms with Crippen LogP contribution in [0.15, 0.2) is 18.2 Å². The van der Waals surface area contributed by atoms with Crippen LogP contribution in [0, 0.1) is 0 Å². The van der Waals surface area contributed by atoms with Crippen LogP contribution in [0.2, 0.25) is 0 Å². The molecule has 2 nitrogen and oxygen atoms in total.